The van der Waals surface area contributed by atoms with Gasteiger partial charge in [0.1, 0.15) is 0 Å². The van der Waals surface area contributed by atoms with E-state index in [-0.39, 0.29) is 28.8 Å². The van der Waals surface area contributed by atoms with Crippen LogP contribution in [0.1, 0.15) is 42.6 Å². The second-order valence-corrected chi connectivity index (χ2v) is 5.31. The third-order valence-corrected chi connectivity index (χ3v) is 3.88. The first-order valence-electron chi connectivity index (χ1n) is 6.36. The fraction of sp³-hybridized carbons (Fsp3) is 0.583. The number of halogens is 1. The van der Waals surface area contributed by atoms with E-state index in [0.717, 1.165) is 32.1 Å². The molecule has 2 unspecified atom stereocenters. The topological polar surface area (TPSA) is 88.0 Å². The van der Waals surface area contributed by atoms with Crippen molar-refractivity contribution in [3.05, 3.63) is 27.9 Å². The molecule has 1 fully saturated rings. The molecule has 0 saturated heterocycles. The molecule has 1 aliphatic rings. The summed E-state index contributed by atoms with van der Waals surface area (Å²) in [5, 5.41) is 13.3. The van der Waals surface area contributed by atoms with E-state index in [1.807, 2.05) is 0 Å². The third-order valence-electron chi connectivity index (χ3n) is 3.36. The molecule has 0 aliphatic heterocycles. The Balaban J connectivity index is 2.00. The van der Waals surface area contributed by atoms with Crippen LogP contribution in [0.4, 0.5) is 5.82 Å². The number of H-pyrrole nitrogens is 1. The number of nitrogens with zero attached hydrogens (tertiary/aromatic N) is 1. The lowest BCUT2D eigenvalue weighted by Crippen LogP contribution is -2.40. The fourth-order valence-corrected chi connectivity index (χ4v) is 2.64. The molecular formula is C12H16ClN3O3. The van der Waals surface area contributed by atoms with Gasteiger partial charge in [0.05, 0.1) is 5.38 Å². The van der Waals surface area contributed by atoms with E-state index < -0.39 is 4.92 Å². The summed E-state index contributed by atoms with van der Waals surface area (Å²) in [6.07, 6.45) is 4.98. The predicted molar refractivity (Wildman–Crippen MR) is 71.4 cm³/mol. The van der Waals surface area contributed by atoms with E-state index in [0.29, 0.717) is 0 Å². The van der Waals surface area contributed by atoms with Gasteiger partial charge in [-0.1, -0.05) is 19.3 Å². The molecule has 7 heteroatoms. The molecule has 1 amide bonds. The minimum atomic E-state index is -0.563. The van der Waals surface area contributed by atoms with Gasteiger partial charge in [0.2, 0.25) is 0 Å². The van der Waals surface area contributed by atoms with Crippen molar-refractivity contribution in [1.82, 2.24) is 10.3 Å². The van der Waals surface area contributed by atoms with Crippen LogP contribution in [0.15, 0.2) is 12.1 Å². The van der Waals surface area contributed by atoms with Crippen LogP contribution in [-0.2, 0) is 0 Å². The first kappa shape index (κ1) is 13.9. The normalized spacial score (nSPS) is 23.6. The van der Waals surface area contributed by atoms with Crippen molar-refractivity contribution < 1.29 is 9.72 Å². The molecule has 0 aromatic carbocycles. The molecule has 0 spiro atoms. The van der Waals surface area contributed by atoms with Gasteiger partial charge in [0.25, 0.3) is 5.91 Å². The molecule has 2 N–H and O–H groups in total. The predicted octanol–water partition coefficient (Wildman–Crippen LogP) is 2.59. The van der Waals surface area contributed by atoms with Crippen molar-refractivity contribution in [2.24, 2.45) is 0 Å². The zero-order valence-electron chi connectivity index (χ0n) is 10.4. The number of hydrogen-bond acceptors (Lipinski definition) is 3. The van der Waals surface area contributed by atoms with Gasteiger partial charge < -0.3 is 15.4 Å². The average molecular weight is 286 g/mol. The third kappa shape index (κ3) is 3.47. The van der Waals surface area contributed by atoms with E-state index in [1.54, 1.807) is 0 Å². The number of alkyl halides is 1. The van der Waals surface area contributed by atoms with E-state index in [1.165, 1.54) is 12.1 Å². The summed E-state index contributed by atoms with van der Waals surface area (Å²) in [5.74, 6) is -0.529. The minimum absolute atomic E-state index is 0.0703. The van der Waals surface area contributed by atoms with Gasteiger partial charge >= 0.3 is 5.82 Å². The highest BCUT2D eigenvalue weighted by molar-refractivity contribution is 6.21. The van der Waals surface area contributed by atoms with Crippen LogP contribution >= 0.6 is 11.6 Å². The summed E-state index contributed by atoms with van der Waals surface area (Å²) in [6, 6.07) is 2.62. The number of nitrogens with one attached hydrogen (secondary N) is 2. The first-order chi connectivity index (χ1) is 9.08. The molecule has 1 heterocycles. The number of rotatable bonds is 3. The molecule has 104 valence electrons. The van der Waals surface area contributed by atoms with Gasteiger partial charge in [-0.3, -0.25) is 4.79 Å². The monoisotopic (exact) mass is 285 g/mol. The zero-order chi connectivity index (χ0) is 13.8. The second-order valence-electron chi connectivity index (χ2n) is 4.75. The van der Waals surface area contributed by atoms with Crippen LogP contribution < -0.4 is 5.32 Å². The standard InChI is InChI=1S/C12H16ClN3O3/c13-8-4-2-1-3-5-9(8)15-12(17)10-6-7-11(14-10)16(18)19/h6-9,14H,1-5H2,(H,15,17). The zero-order valence-corrected chi connectivity index (χ0v) is 11.2. The smallest absolute Gasteiger partial charge is 0.321 e. The van der Waals surface area contributed by atoms with Crippen molar-refractivity contribution in [1.29, 1.82) is 0 Å². The molecular weight excluding hydrogens is 270 g/mol. The summed E-state index contributed by atoms with van der Waals surface area (Å²) >= 11 is 6.24. The van der Waals surface area contributed by atoms with Gasteiger partial charge in [-0.2, -0.15) is 0 Å². The Kier molecular flexibility index (Phi) is 4.42. The lowest BCUT2D eigenvalue weighted by molar-refractivity contribution is -0.389. The quantitative estimate of drug-likeness (QED) is 0.387. The van der Waals surface area contributed by atoms with Crippen LogP contribution in [0.5, 0.6) is 0 Å². The van der Waals surface area contributed by atoms with Crippen LogP contribution in [0.3, 0.4) is 0 Å². The number of nitro groups is 1. The molecule has 0 radical (unpaired) electrons. The van der Waals surface area contributed by atoms with E-state index in [2.05, 4.69) is 10.3 Å². The number of aromatic nitrogens is 1. The average Bonchev–Trinajstić information content (AvgIpc) is 2.78. The Morgan fingerprint density at radius 1 is 1.37 bits per heavy atom. The second kappa shape index (κ2) is 6.06. The minimum Gasteiger partial charge on any atom is -0.358 e. The summed E-state index contributed by atoms with van der Waals surface area (Å²) in [6.45, 7) is 0. The Morgan fingerprint density at radius 3 is 2.79 bits per heavy atom. The van der Waals surface area contributed by atoms with Crippen LogP contribution in [0, 0.1) is 10.1 Å². The highest BCUT2D eigenvalue weighted by atomic mass is 35.5. The van der Waals surface area contributed by atoms with Gasteiger partial charge in [-0.05, 0) is 23.8 Å². The molecule has 1 saturated carbocycles. The van der Waals surface area contributed by atoms with Crippen molar-refractivity contribution in [2.75, 3.05) is 0 Å². The van der Waals surface area contributed by atoms with E-state index in [4.69, 9.17) is 11.6 Å². The van der Waals surface area contributed by atoms with E-state index in [9.17, 15) is 14.9 Å². The lowest BCUT2D eigenvalue weighted by atomic mass is 10.1. The molecule has 19 heavy (non-hydrogen) atoms. The van der Waals surface area contributed by atoms with Gasteiger partial charge in [-0.25, -0.2) is 4.98 Å². The Morgan fingerprint density at radius 2 is 2.11 bits per heavy atom. The van der Waals surface area contributed by atoms with Crippen molar-refractivity contribution in [3.8, 4) is 0 Å². The molecule has 1 aromatic heterocycles. The maximum atomic E-state index is 12.0. The molecule has 1 aliphatic carbocycles. The summed E-state index contributed by atoms with van der Waals surface area (Å²) < 4.78 is 0. The van der Waals surface area contributed by atoms with Crippen LogP contribution in [-0.4, -0.2) is 27.2 Å². The summed E-state index contributed by atoms with van der Waals surface area (Å²) in [4.78, 5) is 24.4. The molecule has 6 nitrogen and oxygen atoms in total. The van der Waals surface area contributed by atoms with Crippen molar-refractivity contribution >= 4 is 23.3 Å². The SMILES string of the molecule is O=C(NC1CCCCCC1Cl)c1ccc([N+](=O)[O-])[nH]1. The Hall–Kier alpha value is -1.56. The molecule has 0 bridgehead atoms. The van der Waals surface area contributed by atoms with Gasteiger partial charge in [-0.15, -0.1) is 11.6 Å². The number of amides is 1. The lowest BCUT2D eigenvalue weighted by Gasteiger charge is -2.20. The summed E-state index contributed by atoms with van der Waals surface area (Å²) in [7, 11) is 0. The van der Waals surface area contributed by atoms with Crippen LogP contribution in [0.25, 0.3) is 0 Å². The maximum Gasteiger partial charge on any atom is 0.321 e. The summed E-state index contributed by atoms with van der Waals surface area (Å²) in [5.41, 5.74) is 0.194. The van der Waals surface area contributed by atoms with Gasteiger partial charge in [0.15, 0.2) is 5.69 Å². The highest BCUT2D eigenvalue weighted by Crippen LogP contribution is 2.22. The maximum absolute atomic E-state index is 12.0. The number of carbonyl (C=O) groups is 1. The first-order valence-corrected chi connectivity index (χ1v) is 6.80. The molecule has 2 rings (SSSR count). The van der Waals surface area contributed by atoms with Gasteiger partial charge in [0, 0.05) is 12.1 Å². The molecule has 1 aromatic rings. The van der Waals surface area contributed by atoms with Crippen LogP contribution in [0.2, 0.25) is 0 Å². The largest absolute Gasteiger partial charge is 0.358 e. The molecule has 2 atom stereocenters. The number of hydrogen-bond donors (Lipinski definition) is 2. The van der Waals surface area contributed by atoms with E-state index >= 15 is 0 Å². The van der Waals surface area contributed by atoms with Crippen molar-refractivity contribution in [2.45, 2.75) is 43.5 Å². The highest BCUT2D eigenvalue weighted by Gasteiger charge is 2.25. The number of carbonyl (C=O) groups excluding carboxylic acids is 1. The Labute approximate surface area is 115 Å². The fourth-order valence-electron chi connectivity index (χ4n) is 2.29. The number of aromatic amines is 1. The Bertz CT molecular complexity index is 475. The van der Waals surface area contributed by atoms with Crippen molar-refractivity contribution in [3.63, 3.8) is 0 Å².